The van der Waals surface area contributed by atoms with Crippen LogP contribution in [0.5, 0.6) is 5.75 Å². The Hall–Kier alpha value is -1.92. The van der Waals surface area contributed by atoms with Crippen molar-refractivity contribution >= 4 is 17.3 Å². The Morgan fingerprint density at radius 2 is 2.23 bits per heavy atom. The predicted molar refractivity (Wildman–Crippen MR) is 84.1 cm³/mol. The van der Waals surface area contributed by atoms with Gasteiger partial charge in [0.05, 0.1) is 6.04 Å². The second kappa shape index (κ2) is 6.89. The number of carboxylic acids is 1. The Bertz CT molecular complexity index is 613. The van der Waals surface area contributed by atoms with Crippen LogP contribution in [0.3, 0.4) is 0 Å². The molecule has 2 aromatic rings. The number of thiazole rings is 1. The Labute approximate surface area is 133 Å². The maximum absolute atomic E-state index is 10.5. The molecule has 1 aromatic carbocycles. The summed E-state index contributed by atoms with van der Waals surface area (Å²) < 4.78 is 5.15. The molecule has 3 rings (SSSR count). The van der Waals surface area contributed by atoms with Gasteiger partial charge in [-0.25, -0.2) is 9.78 Å². The van der Waals surface area contributed by atoms with Crippen molar-refractivity contribution < 1.29 is 14.6 Å². The van der Waals surface area contributed by atoms with E-state index in [1.165, 1.54) is 17.0 Å². The van der Waals surface area contributed by atoms with Crippen LogP contribution in [0, 0.1) is 0 Å². The predicted octanol–water partition coefficient (Wildman–Crippen LogP) is 2.94. The first-order chi connectivity index (χ1) is 10.7. The average Bonchev–Trinajstić information content (AvgIpc) is 3.17. The minimum atomic E-state index is -0.965. The second-order valence-electron chi connectivity index (χ2n) is 5.33. The molecule has 1 unspecified atom stereocenters. The van der Waals surface area contributed by atoms with Crippen LogP contribution in [-0.2, 0) is 11.3 Å². The van der Waals surface area contributed by atoms with Gasteiger partial charge in [-0.05, 0) is 37.1 Å². The molecule has 0 amide bonds. The number of nitrogens with zero attached hydrogens (tertiary/aromatic N) is 2. The molecule has 0 saturated carbocycles. The van der Waals surface area contributed by atoms with Crippen molar-refractivity contribution in [3.8, 4) is 5.75 Å². The van der Waals surface area contributed by atoms with Crippen LogP contribution in [0.25, 0.3) is 0 Å². The van der Waals surface area contributed by atoms with E-state index in [2.05, 4.69) is 9.88 Å². The third-order valence-corrected chi connectivity index (χ3v) is 4.65. The maximum Gasteiger partial charge on any atom is 0.341 e. The number of carboxylic acid groups (broad SMARTS) is 1. The van der Waals surface area contributed by atoms with Crippen molar-refractivity contribution in [2.75, 3.05) is 13.2 Å². The number of aromatic nitrogens is 1. The van der Waals surface area contributed by atoms with E-state index in [1.54, 1.807) is 11.3 Å². The summed E-state index contributed by atoms with van der Waals surface area (Å²) in [7, 11) is 0. The summed E-state index contributed by atoms with van der Waals surface area (Å²) in [6.45, 7) is 1.66. The molecule has 0 spiro atoms. The van der Waals surface area contributed by atoms with Crippen molar-refractivity contribution in [3.05, 3.63) is 46.4 Å². The summed E-state index contributed by atoms with van der Waals surface area (Å²) in [5.74, 6) is -0.378. The lowest BCUT2D eigenvalue weighted by molar-refractivity contribution is -0.139. The topological polar surface area (TPSA) is 62.7 Å². The minimum absolute atomic E-state index is 0.308. The maximum atomic E-state index is 10.5. The highest BCUT2D eigenvalue weighted by Crippen LogP contribution is 2.34. The fraction of sp³-hybridized carbons (Fsp3) is 0.375. The van der Waals surface area contributed by atoms with Crippen molar-refractivity contribution in [1.82, 2.24) is 9.88 Å². The first kappa shape index (κ1) is 15.0. The SMILES string of the molecule is O=C(O)COc1ccc(CN2CCCC2c2nccs2)cc1. The lowest BCUT2D eigenvalue weighted by atomic mass is 10.2. The summed E-state index contributed by atoms with van der Waals surface area (Å²) >= 11 is 1.72. The highest BCUT2D eigenvalue weighted by Gasteiger charge is 2.27. The first-order valence-corrected chi connectivity index (χ1v) is 8.17. The number of hydrogen-bond donors (Lipinski definition) is 1. The summed E-state index contributed by atoms with van der Waals surface area (Å²) in [6.07, 6.45) is 4.22. The number of rotatable bonds is 6. The normalized spacial score (nSPS) is 18.5. The van der Waals surface area contributed by atoms with E-state index in [0.29, 0.717) is 11.8 Å². The molecule has 22 heavy (non-hydrogen) atoms. The van der Waals surface area contributed by atoms with Crippen LogP contribution in [0.1, 0.15) is 29.5 Å². The quantitative estimate of drug-likeness (QED) is 0.887. The number of ether oxygens (including phenoxy) is 1. The fourth-order valence-electron chi connectivity index (χ4n) is 2.76. The van der Waals surface area contributed by atoms with E-state index < -0.39 is 5.97 Å². The van der Waals surface area contributed by atoms with Crippen LogP contribution < -0.4 is 4.74 Å². The van der Waals surface area contributed by atoms with Gasteiger partial charge in [0.15, 0.2) is 6.61 Å². The van der Waals surface area contributed by atoms with Gasteiger partial charge in [-0.1, -0.05) is 12.1 Å². The number of aliphatic carboxylic acids is 1. The molecule has 0 aliphatic carbocycles. The van der Waals surface area contributed by atoms with Gasteiger partial charge in [0.25, 0.3) is 0 Å². The molecule has 2 heterocycles. The monoisotopic (exact) mass is 318 g/mol. The van der Waals surface area contributed by atoms with E-state index in [1.807, 2.05) is 35.8 Å². The van der Waals surface area contributed by atoms with Crippen LogP contribution in [0.4, 0.5) is 0 Å². The molecule has 1 saturated heterocycles. The molecular weight excluding hydrogens is 300 g/mol. The van der Waals surface area contributed by atoms with Crippen molar-refractivity contribution in [3.63, 3.8) is 0 Å². The molecular formula is C16H18N2O3S. The Kier molecular flexibility index (Phi) is 4.70. The lowest BCUT2D eigenvalue weighted by Crippen LogP contribution is -2.22. The molecule has 6 heteroatoms. The number of carbonyl (C=O) groups is 1. The Morgan fingerprint density at radius 1 is 1.41 bits per heavy atom. The van der Waals surface area contributed by atoms with Crippen molar-refractivity contribution in [2.45, 2.75) is 25.4 Å². The van der Waals surface area contributed by atoms with Crippen molar-refractivity contribution in [2.24, 2.45) is 0 Å². The molecule has 1 aliphatic rings. The molecule has 1 aliphatic heterocycles. The molecule has 1 fully saturated rings. The van der Waals surface area contributed by atoms with Gasteiger partial charge in [0, 0.05) is 18.1 Å². The number of benzene rings is 1. The lowest BCUT2D eigenvalue weighted by Gasteiger charge is -2.22. The first-order valence-electron chi connectivity index (χ1n) is 7.29. The average molecular weight is 318 g/mol. The largest absolute Gasteiger partial charge is 0.482 e. The third kappa shape index (κ3) is 3.64. The van der Waals surface area contributed by atoms with E-state index in [9.17, 15) is 4.79 Å². The number of hydrogen-bond acceptors (Lipinski definition) is 5. The zero-order chi connectivity index (χ0) is 15.4. The van der Waals surface area contributed by atoms with Gasteiger partial charge < -0.3 is 9.84 Å². The summed E-state index contributed by atoms with van der Waals surface area (Å²) in [5.41, 5.74) is 1.20. The summed E-state index contributed by atoms with van der Waals surface area (Å²) in [6, 6.07) is 8.06. The Morgan fingerprint density at radius 3 is 2.91 bits per heavy atom. The van der Waals surface area contributed by atoms with Crippen molar-refractivity contribution in [1.29, 1.82) is 0 Å². The highest BCUT2D eigenvalue weighted by atomic mass is 32.1. The van der Waals surface area contributed by atoms with Gasteiger partial charge in [-0.3, -0.25) is 4.90 Å². The molecule has 1 atom stereocenters. The van der Waals surface area contributed by atoms with E-state index in [-0.39, 0.29) is 6.61 Å². The molecule has 116 valence electrons. The van der Waals surface area contributed by atoms with Gasteiger partial charge in [0.1, 0.15) is 10.8 Å². The molecule has 0 bridgehead atoms. The van der Waals surface area contributed by atoms with Gasteiger partial charge in [-0.2, -0.15) is 0 Å². The summed E-state index contributed by atoms with van der Waals surface area (Å²) in [4.78, 5) is 17.4. The second-order valence-corrected chi connectivity index (χ2v) is 6.25. The van der Waals surface area contributed by atoms with Crippen LogP contribution in [0.15, 0.2) is 35.8 Å². The standard InChI is InChI=1S/C16H18N2O3S/c19-15(20)11-21-13-5-3-12(4-6-13)10-18-8-1-2-14(18)16-17-7-9-22-16/h3-7,9,14H,1-2,8,10-11H2,(H,19,20). The van der Waals surface area contributed by atoms with Crippen LogP contribution in [0.2, 0.25) is 0 Å². The molecule has 1 aromatic heterocycles. The Balaban J connectivity index is 1.61. The molecule has 1 N–H and O–H groups in total. The summed E-state index contributed by atoms with van der Waals surface area (Å²) in [5, 5.41) is 11.8. The third-order valence-electron chi connectivity index (χ3n) is 3.77. The van der Waals surface area contributed by atoms with E-state index >= 15 is 0 Å². The zero-order valence-electron chi connectivity index (χ0n) is 12.1. The van der Waals surface area contributed by atoms with Gasteiger partial charge in [-0.15, -0.1) is 11.3 Å². The van der Waals surface area contributed by atoms with Crippen LogP contribution >= 0.6 is 11.3 Å². The van der Waals surface area contributed by atoms with Gasteiger partial charge in [0.2, 0.25) is 0 Å². The molecule has 5 nitrogen and oxygen atoms in total. The van der Waals surface area contributed by atoms with Gasteiger partial charge >= 0.3 is 5.97 Å². The van der Waals surface area contributed by atoms with Crippen LogP contribution in [-0.4, -0.2) is 34.1 Å². The molecule has 0 radical (unpaired) electrons. The minimum Gasteiger partial charge on any atom is -0.482 e. The fourth-order valence-corrected chi connectivity index (χ4v) is 3.57. The smallest absolute Gasteiger partial charge is 0.341 e. The number of likely N-dealkylation sites (tertiary alicyclic amines) is 1. The van der Waals surface area contributed by atoms with E-state index in [4.69, 9.17) is 9.84 Å². The zero-order valence-corrected chi connectivity index (χ0v) is 13.0. The highest BCUT2D eigenvalue weighted by molar-refractivity contribution is 7.09. The van der Waals surface area contributed by atoms with E-state index in [0.717, 1.165) is 19.5 Å².